The average molecular weight is 261 g/mol. The van der Waals surface area contributed by atoms with Crippen molar-refractivity contribution in [2.45, 2.75) is 63.6 Å². The first-order chi connectivity index (χ1) is 6.74. The Morgan fingerprint density at radius 3 is 2.57 bits per heavy atom. The van der Waals surface area contributed by atoms with E-state index in [9.17, 15) is 0 Å². The molecule has 0 aromatic rings. The monoisotopic (exact) mass is 260 g/mol. The van der Waals surface area contributed by atoms with Gasteiger partial charge in [-0.05, 0) is 44.9 Å². The van der Waals surface area contributed by atoms with Crippen molar-refractivity contribution >= 4 is 15.9 Å². The fourth-order valence-electron chi connectivity index (χ4n) is 3.12. The maximum atomic E-state index is 6.26. The summed E-state index contributed by atoms with van der Waals surface area (Å²) in [6.07, 6.45) is 9.97. The van der Waals surface area contributed by atoms with Gasteiger partial charge in [-0.15, -0.1) is 0 Å². The summed E-state index contributed by atoms with van der Waals surface area (Å²) in [7, 11) is 0. The van der Waals surface area contributed by atoms with Crippen LogP contribution in [0.15, 0.2) is 0 Å². The number of halogens is 1. The molecule has 0 N–H and O–H groups in total. The molecule has 14 heavy (non-hydrogen) atoms. The molecule has 2 rings (SSSR count). The van der Waals surface area contributed by atoms with Crippen LogP contribution in [0.3, 0.4) is 0 Å². The van der Waals surface area contributed by atoms with Crippen molar-refractivity contribution in [3.63, 3.8) is 0 Å². The van der Waals surface area contributed by atoms with Crippen LogP contribution in [0, 0.1) is 5.92 Å². The molecule has 2 heteroatoms. The molecule has 0 bridgehead atoms. The highest BCUT2D eigenvalue weighted by atomic mass is 79.9. The molecule has 1 aliphatic carbocycles. The molecule has 0 spiro atoms. The molecule has 1 saturated heterocycles. The van der Waals surface area contributed by atoms with Crippen LogP contribution in [-0.2, 0) is 4.74 Å². The third-order valence-corrected chi connectivity index (χ3v) is 4.75. The Morgan fingerprint density at radius 2 is 1.93 bits per heavy atom. The van der Waals surface area contributed by atoms with E-state index < -0.39 is 0 Å². The number of rotatable bonds is 2. The minimum Gasteiger partial charge on any atom is -0.371 e. The van der Waals surface area contributed by atoms with Gasteiger partial charge in [0.15, 0.2) is 0 Å². The highest BCUT2D eigenvalue weighted by Crippen LogP contribution is 2.42. The lowest BCUT2D eigenvalue weighted by atomic mass is 9.81. The molecule has 1 heterocycles. The first-order valence-electron chi connectivity index (χ1n) is 5.98. The largest absolute Gasteiger partial charge is 0.371 e. The quantitative estimate of drug-likeness (QED) is 0.685. The maximum Gasteiger partial charge on any atom is 0.0686 e. The standard InChI is InChI=1S/C12H21BrO/c1-12(10-5-2-3-6-10)8-4-7-11(9-13)14-12/h10-11H,2-9H2,1H3. The van der Waals surface area contributed by atoms with Crippen LogP contribution in [0.4, 0.5) is 0 Å². The van der Waals surface area contributed by atoms with Crippen LogP contribution in [-0.4, -0.2) is 17.0 Å². The normalized spacial score (nSPS) is 40.3. The van der Waals surface area contributed by atoms with Gasteiger partial charge >= 0.3 is 0 Å². The van der Waals surface area contributed by atoms with Crippen LogP contribution in [0.1, 0.15) is 51.9 Å². The molecule has 2 unspecified atom stereocenters. The lowest BCUT2D eigenvalue weighted by molar-refractivity contribution is -0.138. The van der Waals surface area contributed by atoms with Crippen LogP contribution >= 0.6 is 15.9 Å². The van der Waals surface area contributed by atoms with Gasteiger partial charge in [-0.2, -0.15) is 0 Å². The number of hydrogen-bond donors (Lipinski definition) is 0. The predicted molar refractivity (Wildman–Crippen MR) is 62.9 cm³/mol. The van der Waals surface area contributed by atoms with Gasteiger partial charge in [-0.25, -0.2) is 0 Å². The molecule has 2 atom stereocenters. The molecule has 0 radical (unpaired) electrons. The van der Waals surface area contributed by atoms with Crippen LogP contribution in [0.5, 0.6) is 0 Å². The summed E-state index contributed by atoms with van der Waals surface area (Å²) >= 11 is 3.55. The number of hydrogen-bond acceptors (Lipinski definition) is 1. The summed E-state index contributed by atoms with van der Waals surface area (Å²) in [5.74, 6) is 0.837. The minimum atomic E-state index is 0.202. The zero-order valence-electron chi connectivity index (χ0n) is 9.10. The zero-order chi connectivity index (χ0) is 10.0. The van der Waals surface area contributed by atoms with E-state index >= 15 is 0 Å². The molecule has 2 aliphatic rings. The Kier molecular flexibility index (Phi) is 3.54. The molecule has 0 aromatic heterocycles. The molecular weight excluding hydrogens is 240 g/mol. The van der Waals surface area contributed by atoms with E-state index in [-0.39, 0.29) is 5.60 Å². The van der Waals surface area contributed by atoms with E-state index in [0.29, 0.717) is 6.10 Å². The molecule has 1 aliphatic heterocycles. The fourth-order valence-corrected chi connectivity index (χ4v) is 3.58. The maximum absolute atomic E-state index is 6.26. The fraction of sp³-hybridized carbons (Fsp3) is 1.00. The van der Waals surface area contributed by atoms with E-state index in [2.05, 4.69) is 22.9 Å². The van der Waals surface area contributed by atoms with E-state index in [1.54, 1.807) is 0 Å². The summed E-state index contributed by atoms with van der Waals surface area (Å²) in [5, 5.41) is 1.01. The van der Waals surface area contributed by atoms with Crippen molar-refractivity contribution < 1.29 is 4.74 Å². The minimum absolute atomic E-state index is 0.202. The highest BCUT2D eigenvalue weighted by Gasteiger charge is 2.40. The molecule has 2 fully saturated rings. The zero-order valence-corrected chi connectivity index (χ0v) is 10.7. The van der Waals surface area contributed by atoms with Crippen molar-refractivity contribution in [1.29, 1.82) is 0 Å². The van der Waals surface area contributed by atoms with Crippen molar-refractivity contribution in [2.75, 3.05) is 5.33 Å². The van der Waals surface area contributed by atoms with Gasteiger partial charge in [0.1, 0.15) is 0 Å². The molecule has 1 saturated carbocycles. The summed E-state index contributed by atoms with van der Waals surface area (Å²) in [5.41, 5.74) is 0.202. The predicted octanol–water partition coefficient (Wildman–Crippen LogP) is 3.90. The third kappa shape index (κ3) is 2.16. The summed E-state index contributed by atoms with van der Waals surface area (Å²) in [4.78, 5) is 0. The van der Waals surface area contributed by atoms with Crippen molar-refractivity contribution in [3.05, 3.63) is 0 Å². The van der Waals surface area contributed by atoms with Gasteiger partial charge in [-0.3, -0.25) is 0 Å². The Morgan fingerprint density at radius 1 is 1.21 bits per heavy atom. The summed E-state index contributed by atoms with van der Waals surface area (Å²) in [6, 6.07) is 0. The van der Waals surface area contributed by atoms with Crippen LogP contribution < -0.4 is 0 Å². The summed E-state index contributed by atoms with van der Waals surface area (Å²) in [6.45, 7) is 2.35. The van der Waals surface area contributed by atoms with Gasteiger partial charge in [-0.1, -0.05) is 28.8 Å². The lowest BCUT2D eigenvalue weighted by Gasteiger charge is -2.42. The average Bonchev–Trinajstić information content (AvgIpc) is 2.71. The topological polar surface area (TPSA) is 9.23 Å². The van der Waals surface area contributed by atoms with E-state index in [0.717, 1.165) is 11.2 Å². The van der Waals surface area contributed by atoms with Gasteiger partial charge in [0.25, 0.3) is 0 Å². The summed E-state index contributed by atoms with van der Waals surface area (Å²) < 4.78 is 6.26. The van der Waals surface area contributed by atoms with Crippen LogP contribution in [0.2, 0.25) is 0 Å². The SMILES string of the molecule is CC1(C2CCCC2)CCCC(CBr)O1. The Labute approximate surface area is 95.7 Å². The Bertz CT molecular complexity index is 189. The first-order valence-corrected chi connectivity index (χ1v) is 7.10. The first kappa shape index (κ1) is 10.9. The Hall–Kier alpha value is 0.440. The molecular formula is C12H21BrO. The van der Waals surface area contributed by atoms with Crippen molar-refractivity contribution in [3.8, 4) is 0 Å². The van der Waals surface area contributed by atoms with Crippen molar-refractivity contribution in [2.24, 2.45) is 5.92 Å². The third-order valence-electron chi connectivity index (χ3n) is 4.03. The van der Waals surface area contributed by atoms with E-state index in [4.69, 9.17) is 4.74 Å². The second kappa shape index (κ2) is 4.52. The number of alkyl halides is 1. The van der Waals surface area contributed by atoms with Gasteiger partial charge < -0.3 is 4.74 Å². The van der Waals surface area contributed by atoms with E-state index in [1.165, 1.54) is 44.9 Å². The smallest absolute Gasteiger partial charge is 0.0686 e. The van der Waals surface area contributed by atoms with Gasteiger partial charge in [0.05, 0.1) is 11.7 Å². The molecule has 0 amide bonds. The Balaban J connectivity index is 1.98. The molecule has 82 valence electrons. The lowest BCUT2D eigenvalue weighted by Crippen LogP contribution is -2.43. The second-order valence-electron chi connectivity index (χ2n) is 5.08. The molecule has 0 aromatic carbocycles. The number of ether oxygens (including phenoxy) is 1. The molecule has 1 nitrogen and oxygen atoms in total. The van der Waals surface area contributed by atoms with E-state index in [1.807, 2.05) is 0 Å². The van der Waals surface area contributed by atoms with Crippen molar-refractivity contribution in [1.82, 2.24) is 0 Å². The second-order valence-corrected chi connectivity index (χ2v) is 5.73. The van der Waals surface area contributed by atoms with Gasteiger partial charge in [0, 0.05) is 5.33 Å². The van der Waals surface area contributed by atoms with Gasteiger partial charge in [0.2, 0.25) is 0 Å². The highest BCUT2D eigenvalue weighted by molar-refractivity contribution is 9.09. The van der Waals surface area contributed by atoms with Crippen LogP contribution in [0.25, 0.3) is 0 Å².